The van der Waals surface area contributed by atoms with E-state index in [9.17, 15) is 0 Å². The summed E-state index contributed by atoms with van der Waals surface area (Å²) in [4.78, 5) is 0. The van der Waals surface area contributed by atoms with Crippen molar-refractivity contribution in [3.05, 3.63) is 52.3 Å². The van der Waals surface area contributed by atoms with Gasteiger partial charge in [0.1, 0.15) is 0 Å². The van der Waals surface area contributed by atoms with Gasteiger partial charge in [0.2, 0.25) is 0 Å². The lowest BCUT2D eigenvalue weighted by molar-refractivity contribution is 0.529. The first-order valence-corrected chi connectivity index (χ1v) is 7.56. The Morgan fingerprint density at radius 1 is 1.30 bits per heavy atom. The Bertz CT molecular complexity index is 563. The summed E-state index contributed by atoms with van der Waals surface area (Å²) in [6, 6.07) is 8.35. The SMILES string of the molecule is CCCNC(c1cccc(C)c1Cl)c1ccnn1CC. The number of nitrogens with one attached hydrogen (secondary N) is 1. The van der Waals surface area contributed by atoms with E-state index in [-0.39, 0.29) is 6.04 Å². The van der Waals surface area contributed by atoms with Crippen molar-refractivity contribution in [1.29, 1.82) is 0 Å². The molecule has 0 bridgehead atoms. The number of halogens is 1. The molecule has 0 aliphatic heterocycles. The van der Waals surface area contributed by atoms with Gasteiger partial charge < -0.3 is 5.32 Å². The Labute approximate surface area is 126 Å². The Kier molecular flexibility index (Phi) is 5.21. The molecular weight excluding hydrogens is 270 g/mol. The van der Waals surface area contributed by atoms with Crippen LogP contribution < -0.4 is 5.32 Å². The van der Waals surface area contributed by atoms with Crippen LogP contribution in [0.4, 0.5) is 0 Å². The van der Waals surface area contributed by atoms with Crippen LogP contribution >= 0.6 is 11.6 Å². The molecule has 1 N–H and O–H groups in total. The van der Waals surface area contributed by atoms with Crippen molar-refractivity contribution in [3.63, 3.8) is 0 Å². The van der Waals surface area contributed by atoms with Gasteiger partial charge in [0, 0.05) is 17.8 Å². The Hall–Kier alpha value is -1.32. The predicted octanol–water partition coefficient (Wildman–Crippen LogP) is 3.95. The molecule has 3 nitrogen and oxygen atoms in total. The third kappa shape index (κ3) is 3.05. The van der Waals surface area contributed by atoms with Gasteiger partial charge in [-0.25, -0.2) is 0 Å². The van der Waals surface area contributed by atoms with Gasteiger partial charge in [-0.2, -0.15) is 5.10 Å². The van der Waals surface area contributed by atoms with Crippen LogP contribution in [0.15, 0.2) is 30.5 Å². The van der Waals surface area contributed by atoms with Crippen molar-refractivity contribution in [2.45, 2.75) is 39.8 Å². The second-order valence-corrected chi connectivity index (χ2v) is 5.32. The summed E-state index contributed by atoms with van der Waals surface area (Å²) in [5.41, 5.74) is 3.39. The van der Waals surface area contributed by atoms with E-state index in [1.54, 1.807) is 0 Å². The highest BCUT2D eigenvalue weighted by Gasteiger charge is 2.20. The molecule has 0 saturated heterocycles. The van der Waals surface area contributed by atoms with E-state index in [4.69, 9.17) is 11.6 Å². The second-order valence-electron chi connectivity index (χ2n) is 4.94. The van der Waals surface area contributed by atoms with Crippen molar-refractivity contribution in [3.8, 4) is 0 Å². The highest BCUT2D eigenvalue weighted by Crippen LogP contribution is 2.30. The molecule has 0 saturated carbocycles. The van der Waals surface area contributed by atoms with Gasteiger partial charge in [0.05, 0.1) is 11.7 Å². The summed E-state index contributed by atoms with van der Waals surface area (Å²) < 4.78 is 2.02. The monoisotopic (exact) mass is 291 g/mol. The van der Waals surface area contributed by atoms with E-state index in [1.807, 2.05) is 23.9 Å². The molecule has 0 aliphatic rings. The third-order valence-electron chi connectivity index (χ3n) is 3.48. The highest BCUT2D eigenvalue weighted by atomic mass is 35.5. The van der Waals surface area contributed by atoms with Crippen LogP contribution in [0.25, 0.3) is 0 Å². The molecule has 1 unspecified atom stereocenters. The van der Waals surface area contributed by atoms with E-state index in [1.165, 1.54) is 0 Å². The maximum Gasteiger partial charge on any atom is 0.0762 e. The fourth-order valence-corrected chi connectivity index (χ4v) is 2.64. The fourth-order valence-electron chi connectivity index (χ4n) is 2.41. The van der Waals surface area contributed by atoms with Crippen LogP contribution in [0.3, 0.4) is 0 Å². The van der Waals surface area contributed by atoms with Crippen molar-refractivity contribution >= 4 is 11.6 Å². The average Bonchev–Trinajstić information content (AvgIpc) is 2.92. The molecule has 20 heavy (non-hydrogen) atoms. The number of hydrogen-bond acceptors (Lipinski definition) is 2. The zero-order chi connectivity index (χ0) is 14.5. The maximum atomic E-state index is 6.51. The van der Waals surface area contributed by atoms with Gasteiger partial charge in [0.15, 0.2) is 0 Å². The Morgan fingerprint density at radius 2 is 2.10 bits per heavy atom. The summed E-state index contributed by atoms with van der Waals surface area (Å²) in [5, 5.41) is 8.80. The topological polar surface area (TPSA) is 29.9 Å². The molecule has 1 atom stereocenters. The van der Waals surface area contributed by atoms with Gasteiger partial charge in [-0.1, -0.05) is 36.7 Å². The molecule has 4 heteroatoms. The number of benzene rings is 1. The lowest BCUT2D eigenvalue weighted by Gasteiger charge is -2.22. The first-order chi connectivity index (χ1) is 9.69. The van der Waals surface area contributed by atoms with Crippen molar-refractivity contribution in [1.82, 2.24) is 15.1 Å². The molecule has 1 aromatic heterocycles. The van der Waals surface area contributed by atoms with Gasteiger partial charge in [-0.15, -0.1) is 0 Å². The van der Waals surface area contributed by atoms with Crippen molar-refractivity contribution in [2.75, 3.05) is 6.54 Å². The molecule has 0 radical (unpaired) electrons. The minimum Gasteiger partial charge on any atom is -0.305 e. The number of nitrogens with zero attached hydrogens (tertiary/aromatic N) is 2. The van der Waals surface area contributed by atoms with Gasteiger partial charge in [-0.05, 0) is 44.0 Å². The quantitative estimate of drug-likeness (QED) is 0.873. The zero-order valence-electron chi connectivity index (χ0n) is 12.4. The lowest BCUT2D eigenvalue weighted by Crippen LogP contribution is -2.26. The normalized spacial score (nSPS) is 12.6. The number of aryl methyl sites for hydroxylation is 2. The largest absolute Gasteiger partial charge is 0.305 e. The van der Waals surface area contributed by atoms with Gasteiger partial charge in [-0.3, -0.25) is 4.68 Å². The molecule has 2 aromatic rings. The third-order valence-corrected chi connectivity index (χ3v) is 3.99. The van der Waals surface area contributed by atoms with Crippen molar-refractivity contribution < 1.29 is 0 Å². The first-order valence-electron chi connectivity index (χ1n) is 7.19. The summed E-state index contributed by atoms with van der Waals surface area (Å²) in [5.74, 6) is 0. The molecule has 1 aromatic carbocycles. The van der Waals surface area contributed by atoms with E-state index in [2.05, 4.69) is 42.5 Å². The molecular formula is C16H22ClN3. The molecule has 1 heterocycles. The fraction of sp³-hybridized carbons (Fsp3) is 0.438. The van der Waals surface area contributed by atoms with E-state index < -0.39 is 0 Å². The molecule has 108 valence electrons. The number of hydrogen-bond donors (Lipinski definition) is 1. The summed E-state index contributed by atoms with van der Waals surface area (Å²) in [7, 11) is 0. The predicted molar refractivity (Wildman–Crippen MR) is 84.2 cm³/mol. The maximum absolute atomic E-state index is 6.51. The van der Waals surface area contributed by atoms with Crippen LogP contribution in [0.2, 0.25) is 5.02 Å². The molecule has 0 aliphatic carbocycles. The summed E-state index contributed by atoms with van der Waals surface area (Å²) >= 11 is 6.51. The van der Waals surface area contributed by atoms with E-state index in [0.29, 0.717) is 0 Å². The number of rotatable bonds is 6. The molecule has 0 spiro atoms. The average molecular weight is 292 g/mol. The Morgan fingerprint density at radius 3 is 2.80 bits per heavy atom. The Balaban J connectivity index is 2.44. The lowest BCUT2D eigenvalue weighted by atomic mass is 10.0. The smallest absolute Gasteiger partial charge is 0.0762 e. The van der Waals surface area contributed by atoms with Crippen LogP contribution in [-0.4, -0.2) is 16.3 Å². The van der Waals surface area contributed by atoms with E-state index in [0.717, 1.165) is 41.4 Å². The first kappa shape index (κ1) is 15.1. The van der Waals surface area contributed by atoms with Gasteiger partial charge >= 0.3 is 0 Å². The van der Waals surface area contributed by atoms with Crippen LogP contribution in [0.1, 0.15) is 43.1 Å². The highest BCUT2D eigenvalue weighted by molar-refractivity contribution is 6.32. The van der Waals surface area contributed by atoms with Crippen LogP contribution in [0.5, 0.6) is 0 Å². The van der Waals surface area contributed by atoms with Gasteiger partial charge in [0.25, 0.3) is 0 Å². The minimum atomic E-state index is 0.0878. The van der Waals surface area contributed by atoms with Crippen LogP contribution in [-0.2, 0) is 6.54 Å². The number of aromatic nitrogens is 2. The standard InChI is InChI=1S/C16H22ClN3/c1-4-10-18-16(14-9-11-19-20(14)5-2)13-8-6-7-12(3)15(13)17/h6-9,11,16,18H,4-5,10H2,1-3H3. The molecule has 2 rings (SSSR count). The van der Waals surface area contributed by atoms with Crippen molar-refractivity contribution in [2.24, 2.45) is 0 Å². The van der Waals surface area contributed by atoms with E-state index >= 15 is 0 Å². The van der Waals surface area contributed by atoms with Crippen LogP contribution in [0, 0.1) is 6.92 Å². The zero-order valence-corrected chi connectivity index (χ0v) is 13.1. The molecule has 0 fully saturated rings. The minimum absolute atomic E-state index is 0.0878. The second kappa shape index (κ2) is 6.91. The summed E-state index contributed by atoms with van der Waals surface area (Å²) in [6.45, 7) is 8.12. The summed E-state index contributed by atoms with van der Waals surface area (Å²) in [6.07, 6.45) is 2.93. The molecule has 0 amide bonds.